The minimum Gasteiger partial charge on any atom is -0.100 e. The van der Waals surface area contributed by atoms with Crippen LogP contribution in [0.2, 0.25) is 0 Å². The SMILES string of the molecule is C=C(C)CCCC(C)CC(=C)C. The average molecular weight is 166 g/mol. The van der Waals surface area contributed by atoms with Gasteiger partial charge in [-0.25, -0.2) is 0 Å². The average Bonchev–Trinajstić information content (AvgIpc) is 1.84. The fraction of sp³-hybridized carbons (Fsp3) is 0.667. The van der Waals surface area contributed by atoms with E-state index >= 15 is 0 Å². The summed E-state index contributed by atoms with van der Waals surface area (Å²) in [5.41, 5.74) is 2.61. The Balaban J connectivity index is 3.37. The van der Waals surface area contributed by atoms with Crippen molar-refractivity contribution in [2.75, 3.05) is 0 Å². The summed E-state index contributed by atoms with van der Waals surface area (Å²) >= 11 is 0. The zero-order chi connectivity index (χ0) is 9.56. The van der Waals surface area contributed by atoms with E-state index in [2.05, 4.69) is 33.9 Å². The maximum Gasteiger partial charge on any atom is -0.0300 e. The summed E-state index contributed by atoms with van der Waals surface area (Å²) in [6.45, 7) is 14.3. The second-order valence-corrected chi connectivity index (χ2v) is 4.12. The van der Waals surface area contributed by atoms with Crippen LogP contribution in [0.15, 0.2) is 24.3 Å². The first-order chi connectivity index (χ1) is 5.52. The minimum atomic E-state index is 0.793. The molecule has 0 saturated carbocycles. The maximum atomic E-state index is 3.92. The van der Waals surface area contributed by atoms with Gasteiger partial charge in [-0.3, -0.25) is 0 Å². The molecule has 0 aromatic rings. The summed E-state index contributed by atoms with van der Waals surface area (Å²) in [4.78, 5) is 0. The molecular formula is C12H22. The smallest absolute Gasteiger partial charge is 0.0300 e. The molecule has 0 bridgehead atoms. The van der Waals surface area contributed by atoms with Crippen LogP contribution in [0.1, 0.15) is 46.5 Å². The lowest BCUT2D eigenvalue weighted by atomic mass is 9.96. The molecule has 0 aromatic heterocycles. The molecule has 70 valence electrons. The van der Waals surface area contributed by atoms with Crippen molar-refractivity contribution in [3.63, 3.8) is 0 Å². The van der Waals surface area contributed by atoms with Crippen molar-refractivity contribution in [3.8, 4) is 0 Å². The third-order valence-corrected chi connectivity index (χ3v) is 2.00. The summed E-state index contributed by atoms with van der Waals surface area (Å²) in [5, 5.41) is 0. The largest absolute Gasteiger partial charge is 0.100 e. The van der Waals surface area contributed by atoms with E-state index < -0.39 is 0 Å². The van der Waals surface area contributed by atoms with Crippen molar-refractivity contribution in [1.82, 2.24) is 0 Å². The Morgan fingerprint density at radius 3 is 2.17 bits per heavy atom. The Kier molecular flexibility index (Phi) is 5.79. The molecule has 0 heteroatoms. The predicted octanol–water partition coefficient (Wildman–Crippen LogP) is 4.34. The monoisotopic (exact) mass is 166 g/mol. The van der Waals surface area contributed by atoms with E-state index in [1.54, 1.807) is 0 Å². The highest BCUT2D eigenvalue weighted by Gasteiger charge is 2.01. The number of hydrogen-bond donors (Lipinski definition) is 0. The quantitative estimate of drug-likeness (QED) is 0.515. The minimum absolute atomic E-state index is 0.793. The molecule has 12 heavy (non-hydrogen) atoms. The highest BCUT2D eigenvalue weighted by molar-refractivity contribution is 4.90. The van der Waals surface area contributed by atoms with E-state index in [0.717, 1.165) is 5.92 Å². The summed E-state index contributed by atoms with van der Waals surface area (Å²) in [7, 11) is 0. The lowest BCUT2D eigenvalue weighted by molar-refractivity contribution is 0.506. The number of hydrogen-bond acceptors (Lipinski definition) is 0. The molecule has 0 fully saturated rings. The van der Waals surface area contributed by atoms with Crippen LogP contribution in [0, 0.1) is 5.92 Å². The highest BCUT2D eigenvalue weighted by atomic mass is 14.1. The molecule has 0 aliphatic heterocycles. The van der Waals surface area contributed by atoms with E-state index in [1.165, 1.54) is 36.8 Å². The van der Waals surface area contributed by atoms with E-state index in [-0.39, 0.29) is 0 Å². The fourth-order valence-electron chi connectivity index (χ4n) is 1.45. The number of allylic oxidation sites excluding steroid dienone is 2. The van der Waals surface area contributed by atoms with Gasteiger partial charge in [-0.1, -0.05) is 24.5 Å². The second kappa shape index (κ2) is 6.05. The Bertz CT molecular complexity index is 153. The summed E-state index contributed by atoms with van der Waals surface area (Å²) in [6.07, 6.45) is 4.94. The van der Waals surface area contributed by atoms with Crippen molar-refractivity contribution < 1.29 is 0 Å². The molecule has 0 aliphatic rings. The van der Waals surface area contributed by atoms with Crippen LogP contribution in [0.4, 0.5) is 0 Å². The lowest BCUT2D eigenvalue weighted by Crippen LogP contribution is -1.95. The van der Waals surface area contributed by atoms with Crippen LogP contribution < -0.4 is 0 Å². The molecule has 0 aromatic carbocycles. The van der Waals surface area contributed by atoms with Crippen LogP contribution in [-0.4, -0.2) is 0 Å². The molecule has 0 radical (unpaired) electrons. The van der Waals surface area contributed by atoms with Gasteiger partial charge in [0.05, 0.1) is 0 Å². The van der Waals surface area contributed by atoms with Crippen molar-refractivity contribution in [3.05, 3.63) is 24.3 Å². The van der Waals surface area contributed by atoms with Crippen molar-refractivity contribution in [1.29, 1.82) is 0 Å². The first-order valence-electron chi connectivity index (χ1n) is 4.81. The van der Waals surface area contributed by atoms with Crippen molar-refractivity contribution in [2.24, 2.45) is 5.92 Å². The van der Waals surface area contributed by atoms with Crippen LogP contribution in [-0.2, 0) is 0 Å². The normalized spacial score (nSPS) is 12.6. The molecule has 0 amide bonds. The maximum absolute atomic E-state index is 3.92. The van der Waals surface area contributed by atoms with Crippen LogP contribution >= 0.6 is 0 Å². The fourth-order valence-corrected chi connectivity index (χ4v) is 1.45. The third-order valence-electron chi connectivity index (χ3n) is 2.00. The van der Waals surface area contributed by atoms with Gasteiger partial charge in [0.15, 0.2) is 0 Å². The molecular weight excluding hydrogens is 144 g/mol. The summed E-state index contributed by atoms with van der Waals surface area (Å²) in [6, 6.07) is 0. The third kappa shape index (κ3) is 7.59. The number of rotatable bonds is 6. The topological polar surface area (TPSA) is 0 Å². The second-order valence-electron chi connectivity index (χ2n) is 4.12. The molecule has 1 atom stereocenters. The van der Waals surface area contributed by atoms with E-state index in [4.69, 9.17) is 0 Å². The van der Waals surface area contributed by atoms with Crippen molar-refractivity contribution in [2.45, 2.75) is 46.5 Å². The summed E-state index contributed by atoms with van der Waals surface area (Å²) in [5.74, 6) is 0.793. The Hall–Kier alpha value is -0.520. The van der Waals surface area contributed by atoms with E-state index in [9.17, 15) is 0 Å². The molecule has 0 aliphatic carbocycles. The first-order valence-corrected chi connectivity index (χ1v) is 4.81. The lowest BCUT2D eigenvalue weighted by Gasteiger charge is -2.10. The van der Waals surface area contributed by atoms with Gasteiger partial charge >= 0.3 is 0 Å². The predicted molar refractivity (Wildman–Crippen MR) is 57.3 cm³/mol. The zero-order valence-electron chi connectivity index (χ0n) is 8.82. The molecule has 0 saturated heterocycles. The van der Waals surface area contributed by atoms with Gasteiger partial charge in [0.2, 0.25) is 0 Å². The zero-order valence-corrected chi connectivity index (χ0v) is 8.82. The molecule has 0 heterocycles. The highest BCUT2D eigenvalue weighted by Crippen LogP contribution is 2.17. The van der Waals surface area contributed by atoms with Gasteiger partial charge in [0.1, 0.15) is 0 Å². The molecule has 0 spiro atoms. The molecule has 0 rings (SSSR count). The van der Waals surface area contributed by atoms with E-state index in [0.29, 0.717) is 0 Å². The molecule has 0 N–H and O–H groups in total. The molecule has 1 unspecified atom stereocenters. The first kappa shape index (κ1) is 11.5. The Labute approximate surface area is 77.4 Å². The van der Waals surface area contributed by atoms with Gasteiger partial charge < -0.3 is 0 Å². The van der Waals surface area contributed by atoms with Gasteiger partial charge in [-0.05, 0) is 39.0 Å². The Morgan fingerprint density at radius 2 is 1.75 bits per heavy atom. The standard InChI is InChI=1S/C12H22/c1-10(2)7-6-8-12(5)9-11(3)4/h12H,1,3,6-9H2,2,4-5H3. The Morgan fingerprint density at radius 1 is 1.17 bits per heavy atom. The summed E-state index contributed by atoms with van der Waals surface area (Å²) < 4.78 is 0. The van der Waals surface area contributed by atoms with E-state index in [1.807, 2.05) is 0 Å². The van der Waals surface area contributed by atoms with Crippen LogP contribution in [0.3, 0.4) is 0 Å². The van der Waals surface area contributed by atoms with Crippen LogP contribution in [0.5, 0.6) is 0 Å². The van der Waals surface area contributed by atoms with Gasteiger partial charge in [-0.15, -0.1) is 13.2 Å². The molecule has 0 nitrogen and oxygen atoms in total. The van der Waals surface area contributed by atoms with Gasteiger partial charge in [0, 0.05) is 0 Å². The van der Waals surface area contributed by atoms with Gasteiger partial charge in [0.25, 0.3) is 0 Å². The van der Waals surface area contributed by atoms with Crippen LogP contribution in [0.25, 0.3) is 0 Å². The van der Waals surface area contributed by atoms with Gasteiger partial charge in [-0.2, -0.15) is 0 Å². The van der Waals surface area contributed by atoms with Crippen molar-refractivity contribution >= 4 is 0 Å².